The van der Waals surface area contributed by atoms with Crippen LogP contribution in [0.15, 0.2) is 24.3 Å². The molecular formula is C13H14O3. The van der Waals surface area contributed by atoms with Crippen LogP contribution in [0.4, 0.5) is 0 Å². The molecule has 0 saturated heterocycles. The number of carbonyl (C=O) groups is 2. The van der Waals surface area contributed by atoms with Gasteiger partial charge in [0.05, 0.1) is 12.7 Å². The number of aryl methyl sites for hydroxylation is 1. The maximum atomic E-state index is 11.3. The molecule has 0 spiro atoms. The molecule has 0 aromatic heterocycles. The van der Waals surface area contributed by atoms with Crippen molar-refractivity contribution in [3.05, 3.63) is 41.0 Å². The van der Waals surface area contributed by atoms with E-state index in [0.29, 0.717) is 5.56 Å². The molecule has 0 radical (unpaired) electrons. The van der Waals surface area contributed by atoms with Crippen molar-refractivity contribution in [3.8, 4) is 0 Å². The first-order valence-electron chi connectivity index (χ1n) is 4.92. The van der Waals surface area contributed by atoms with Crippen molar-refractivity contribution < 1.29 is 14.3 Å². The molecule has 0 unspecified atom stereocenters. The molecule has 0 amide bonds. The summed E-state index contributed by atoms with van der Waals surface area (Å²) in [6.45, 7) is 3.32. The summed E-state index contributed by atoms with van der Waals surface area (Å²) >= 11 is 0. The predicted molar refractivity (Wildman–Crippen MR) is 62.2 cm³/mol. The van der Waals surface area contributed by atoms with Crippen LogP contribution in [0.3, 0.4) is 0 Å². The van der Waals surface area contributed by atoms with Gasteiger partial charge in [-0.25, -0.2) is 4.79 Å². The molecule has 3 nitrogen and oxygen atoms in total. The van der Waals surface area contributed by atoms with Crippen LogP contribution in [0, 0.1) is 6.92 Å². The second-order valence-corrected chi connectivity index (χ2v) is 3.51. The van der Waals surface area contributed by atoms with Crippen LogP contribution in [0.25, 0.3) is 6.08 Å². The third kappa shape index (κ3) is 3.05. The Labute approximate surface area is 94.7 Å². The minimum absolute atomic E-state index is 0.00491. The summed E-state index contributed by atoms with van der Waals surface area (Å²) in [7, 11) is 1.35. The van der Waals surface area contributed by atoms with E-state index in [9.17, 15) is 9.59 Å². The van der Waals surface area contributed by atoms with Crippen LogP contribution in [0.2, 0.25) is 0 Å². The summed E-state index contributed by atoms with van der Waals surface area (Å²) in [6.07, 6.45) is 3.21. The molecule has 0 aliphatic rings. The van der Waals surface area contributed by atoms with Crippen molar-refractivity contribution in [3.63, 3.8) is 0 Å². The number of methoxy groups -OCH3 is 1. The normalized spacial score (nSPS) is 10.4. The topological polar surface area (TPSA) is 43.4 Å². The quantitative estimate of drug-likeness (QED) is 0.578. The standard InChI is InChI=1S/C13H14O3/c1-9-8-11(5-4-10(2)14)6-7-12(9)13(15)16-3/h4-8H,1-3H3/b5-4+. The fraction of sp³-hybridized carbons (Fsp3) is 0.231. The zero-order valence-electron chi connectivity index (χ0n) is 9.61. The average molecular weight is 218 g/mol. The highest BCUT2D eigenvalue weighted by molar-refractivity contribution is 5.93. The molecule has 84 valence electrons. The van der Waals surface area contributed by atoms with Crippen LogP contribution in [-0.2, 0) is 9.53 Å². The van der Waals surface area contributed by atoms with E-state index in [1.165, 1.54) is 20.1 Å². The number of hydrogen-bond acceptors (Lipinski definition) is 3. The van der Waals surface area contributed by atoms with Crippen molar-refractivity contribution in [2.75, 3.05) is 7.11 Å². The molecule has 0 bridgehead atoms. The van der Waals surface area contributed by atoms with Gasteiger partial charge in [0.2, 0.25) is 0 Å². The lowest BCUT2D eigenvalue weighted by Gasteiger charge is -2.04. The smallest absolute Gasteiger partial charge is 0.338 e. The van der Waals surface area contributed by atoms with Gasteiger partial charge in [0.25, 0.3) is 0 Å². The second-order valence-electron chi connectivity index (χ2n) is 3.51. The Morgan fingerprint density at radius 2 is 2.00 bits per heavy atom. The summed E-state index contributed by atoms with van der Waals surface area (Å²) in [5.74, 6) is -0.353. The van der Waals surface area contributed by atoms with E-state index >= 15 is 0 Å². The third-order valence-corrected chi connectivity index (χ3v) is 2.17. The summed E-state index contributed by atoms with van der Waals surface area (Å²) in [5.41, 5.74) is 2.26. The van der Waals surface area contributed by atoms with Gasteiger partial charge in [0, 0.05) is 0 Å². The molecule has 0 aliphatic carbocycles. The van der Waals surface area contributed by atoms with Gasteiger partial charge in [-0.3, -0.25) is 4.79 Å². The molecule has 3 heteroatoms. The number of ketones is 1. The van der Waals surface area contributed by atoms with Crippen molar-refractivity contribution in [2.24, 2.45) is 0 Å². The Balaban J connectivity index is 2.99. The first-order chi connectivity index (χ1) is 7.54. The molecule has 0 heterocycles. The summed E-state index contributed by atoms with van der Waals surface area (Å²) in [6, 6.07) is 5.31. The van der Waals surface area contributed by atoms with E-state index in [1.807, 2.05) is 13.0 Å². The second kappa shape index (κ2) is 5.26. The minimum Gasteiger partial charge on any atom is -0.465 e. The molecule has 0 fully saturated rings. The van der Waals surface area contributed by atoms with Crippen molar-refractivity contribution in [1.29, 1.82) is 0 Å². The Morgan fingerprint density at radius 3 is 2.50 bits per heavy atom. The van der Waals surface area contributed by atoms with Crippen molar-refractivity contribution in [1.82, 2.24) is 0 Å². The van der Waals surface area contributed by atoms with Crippen molar-refractivity contribution >= 4 is 17.8 Å². The van der Waals surface area contributed by atoms with Gasteiger partial charge in [-0.1, -0.05) is 18.2 Å². The summed E-state index contributed by atoms with van der Waals surface area (Å²) in [4.78, 5) is 22.1. The van der Waals surface area contributed by atoms with Gasteiger partial charge in [0.1, 0.15) is 0 Å². The fourth-order valence-electron chi connectivity index (χ4n) is 1.34. The van der Waals surface area contributed by atoms with E-state index in [-0.39, 0.29) is 11.8 Å². The average Bonchev–Trinajstić information content (AvgIpc) is 2.25. The van der Waals surface area contributed by atoms with Gasteiger partial charge in [-0.2, -0.15) is 0 Å². The number of allylic oxidation sites excluding steroid dienone is 1. The molecular weight excluding hydrogens is 204 g/mol. The van der Waals surface area contributed by atoms with E-state index < -0.39 is 0 Å². The van der Waals surface area contributed by atoms with E-state index in [0.717, 1.165) is 11.1 Å². The van der Waals surface area contributed by atoms with Crippen LogP contribution in [-0.4, -0.2) is 18.9 Å². The third-order valence-electron chi connectivity index (χ3n) is 2.17. The monoisotopic (exact) mass is 218 g/mol. The van der Waals surface area contributed by atoms with Gasteiger partial charge >= 0.3 is 5.97 Å². The predicted octanol–water partition coefficient (Wildman–Crippen LogP) is 2.38. The fourth-order valence-corrected chi connectivity index (χ4v) is 1.34. The molecule has 16 heavy (non-hydrogen) atoms. The maximum Gasteiger partial charge on any atom is 0.338 e. The highest BCUT2D eigenvalue weighted by Crippen LogP contribution is 2.13. The van der Waals surface area contributed by atoms with Gasteiger partial charge < -0.3 is 4.74 Å². The van der Waals surface area contributed by atoms with Gasteiger partial charge in [-0.05, 0) is 37.1 Å². The summed E-state index contributed by atoms with van der Waals surface area (Å²) in [5, 5.41) is 0. The SMILES string of the molecule is COC(=O)c1ccc(/C=C/C(C)=O)cc1C. The first kappa shape index (κ1) is 12.2. The van der Waals surface area contributed by atoms with Crippen LogP contribution in [0.5, 0.6) is 0 Å². The van der Waals surface area contributed by atoms with E-state index in [1.54, 1.807) is 18.2 Å². The number of hydrogen-bond donors (Lipinski definition) is 0. The first-order valence-corrected chi connectivity index (χ1v) is 4.92. The van der Waals surface area contributed by atoms with Crippen molar-refractivity contribution in [2.45, 2.75) is 13.8 Å². The molecule has 1 rings (SSSR count). The minimum atomic E-state index is -0.348. The molecule has 0 saturated carbocycles. The zero-order chi connectivity index (χ0) is 12.1. The zero-order valence-corrected chi connectivity index (χ0v) is 9.61. The molecule has 0 atom stereocenters. The van der Waals surface area contributed by atoms with Gasteiger partial charge in [0.15, 0.2) is 5.78 Å². The van der Waals surface area contributed by atoms with Crippen LogP contribution >= 0.6 is 0 Å². The summed E-state index contributed by atoms with van der Waals surface area (Å²) < 4.78 is 4.64. The number of benzene rings is 1. The molecule has 1 aromatic rings. The highest BCUT2D eigenvalue weighted by atomic mass is 16.5. The Hall–Kier alpha value is -1.90. The Bertz CT molecular complexity index is 444. The molecule has 0 aliphatic heterocycles. The van der Waals surface area contributed by atoms with Crippen LogP contribution < -0.4 is 0 Å². The Morgan fingerprint density at radius 1 is 1.31 bits per heavy atom. The highest BCUT2D eigenvalue weighted by Gasteiger charge is 2.08. The number of ether oxygens (including phenoxy) is 1. The lowest BCUT2D eigenvalue weighted by atomic mass is 10.0. The Kier molecular flexibility index (Phi) is 4.00. The lowest BCUT2D eigenvalue weighted by Crippen LogP contribution is -2.03. The molecule has 1 aromatic carbocycles. The van der Waals surface area contributed by atoms with E-state index in [2.05, 4.69) is 4.74 Å². The van der Waals surface area contributed by atoms with Crippen LogP contribution in [0.1, 0.15) is 28.4 Å². The van der Waals surface area contributed by atoms with E-state index in [4.69, 9.17) is 0 Å². The largest absolute Gasteiger partial charge is 0.465 e. The van der Waals surface area contributed by atoms with Gasteiger partial charge in [-0.15, -0.1) is 0 Å². The number of rotatable bonds is 3. The maximum absolute atomic E-state index is 11.3. The lowest BCUT2D eigenvalue weighted by molar-refractivity contribution is -0.112. The number of esters is 1. The number of carbonyl (C=O) groups excluding carboxylic acids is 2. The molecule has 0 N–H and O–H groups in total.